The van der Waals surface area contributed by atoms with Gasteiger partial charge in [0.05, 0.1) is 11.8 Å². The van der Waals surface area contributed by atoms with Gasteiger partial charge < -0.3 is 19.8 Å². The molecule has 0 radical (unpaired) electrons. The molecule has 23 heavy (non-hydrogen) atoms. The summed E-state index contributed by atoms with van der Waals surface area (Å²) in [5.74, 6) is -0.983. The summed E-state index contributed by atoms with van der Waals surface area (Å²) >= 11 is 0. The lowest BCUT2D eigenvalue weighted by atomic mass is 10.2. The number of likely N-dealkylation sites (tertiary alicyclic amines) is 1. The molecule has 0 unspecified atom stereocenters. The third-order valence-electron chi connectivity index (χ3n) is 3.47. The monoisotopic (exact) mass is 314 g/mol. The standard InChI is InChI=1S/C16H14N2O5/c19-11-6-10(16(21)22)7-13(8-11)23-12-2-3-14(17-9-12)15(20)18-4-1-5-18/h2-3,6-9,19H,1,4-5H2,(H,21,22). The number of ether oxygens (including phenoxy) is 1. The smallest absolute Gasteiger partial charge is 0.335 e. The van der Waals surface area contributed by atoms with Crippen molar-refractivity contribution >= 4 is 11.9 Å². The normalized spacial score (nSPS) is 13.3. The number of pyridine rings is 1. The number of amides is 1. The molecule has 2 heterocycles. The number of aromatic carboxylic acids is 1. The van der Waals surface area contributed by atoms with Crippen molar-refractivity contribution in [3.63, 3.8) is 0 Å². The summed E-state index contributed by atoms with van der Waals surface area (Å²) in [6.45, 7) is 1.50. The van der Waals surface area contributed by atoms with Gasteiger partial charge in [-0.3, -0.25) is 4.79 Å². The molecule has 0 aliphatic carbocycles. The van der Waals surface area contributed by atoms with Crippen molar-refractivity contribution in [2.45, 2.75) is 6.42 Å². The second-order valence-corrected chi connectivity index (χ2v) is 5.15. The first-order chi connectivity index (χ1) is 11.0. The van der Waals surface area contributed by atoms with Crippen LogP contribution in [-0.4, -0.2) is 45.1 Å². The van der Waals surface area contributed by atoms with Gasteiger partial charge in [-0.2, -0.15) is 0 Å². The van der Waals surface area contributed by atoms with Gasteiger partial charge in [-0.25, -0.2) is 9.78 Å². The van der Waals surface area contributed by atoms with Gasteiger partial charge in [0.2, 0.25) is 0 Å². The number of phenols is 1. The minimum Gasteiger partial charge on any atom is -0.508 e. The van der Waals surface area contributed by atoms with Crippen molar-refractivity contribution in [2.24, 2.45) is 0 Å². The van der Waals surface area contributed by atoms with Gasteiger partial charge in [0.1, 0.15) is 22.9 Å². The Hall–Kier alpha value is -3.09. The lowest BCUT2D eigenvalue weighted by Gasteiger charge is -2.30. The fraction of sp³-hybridized carbons (Fsp3) is 0.188. The fourth-order valence-electron chi connectivity index (χ4n) is 2.15. The molecule has 1 aliphatic rings. The Morgan fingerprint density at radius 3 is 2.48 bits per heavy atom. The van der Waals surface area contributed by atoms with E-state index in [9.17, 15) is 14.7 Å². The highest BCUT2D eigenvalue weighted by Gasteiger charge is 2.22. The lowest BCUT2D eigenvalue weighted by molar-refractivity contribution is 0.0644. The zero-order valence-corrected chi connectivity index (χ0v) is 12.1. The zero-order chi connectivity index (χ0) is 16.4. The third-order valence-corrected chi connectivity index (χ3v) is 3.47. The number of carbonyl (C=O) groups excluding carboxylic acids is 1. The number of carboxylic acids is 1. The summed E-state index contributed by atoms with van der Waals surface area (Å²) in [6.07, 6.45) is 2.40. The molecule has 3 rings (SSSR count). The number of hydrogen-bond donors (Lipinski definition) is 2. The largest absolute Gasteiger partial charge is 0.508 e. The highest BCUT2D eigenvalue weighted by molar-refractivity contribution is 5.92. The van der Waals surface area contributed by atoms with Crippen LogP contribution >= 0.6 is 0 Å². The van der Waals surface area contributed by atoms with Gasteiger partial charge in [0.15, 0.2) is 0 Å². The molecule has 1 aromatic carbocycles. The van der Waals surface area contributed by atoms with Gasteiger partial charge in [-0.1, -0.05) is 0 Å². The maximum absolute atomic E-state index is 12.0. The van der Waals surface area contributed by atoms with Gasteiger partial charge in [-0.15, -0.1) is 0 Å². The quantitative estimate of drug-likeness (QED) is 0.896. The average molecular weight is 314 g/mol. The second kappa shape index (κ2) is 5.96. The molecule has 118 valence electrons. The summed E-state index contributed by atoms with van der Waals surface area (Å²) in [6, 6.07) is 6.84. The van der Waals surface area contributed by atoms with Crippen LogP contribution in [0.4, 0.5) is 0 Å². The summed E-state index contributed by atoms with van der Waals surface area (Å²) in [5, 5.41) is 18.5. The third kappa shape index (κ3) is 3.23. The second-order valence-electron chi connectivity index (χ2n) is 5.15. The number of rotatable bonds is 4. The van der Waals surface area contributed by atoms with E-state index in [0.29, 0.717) is 11.4 Å². The highest BCUT2D eigenvalue weighted by Crippen LogP contribution is 2.26. The molecular weight excluding hydrogens is 300 g/mol. The Morgan fingerprint density at radius 1 is 1.13 bits per heavy atom. The minimum absolute atomic E-state index is 0.0856. The molecule has 1 amide bonds. The maximum Gasteiger partial charge on any atom is 0.335 e. The molecule has 0 atom stereocenters. The predicted molar refractivity (Wildman–Crippen MR) is 79.9 cm³/mol. The Bertz CT molecular complexity index is 754. The van der Waals surface area contributed by atoms with Crippen molar-refractivity contribution < 1.29 is 24.5 Å². The van der Waals surface area contributed by atoms with E-state index in [0.717, 1.165) is 25.6 Å². The Morgan fingerprint density at radius 2 is 1.91 bits per heavy atom. The molecule has 1 aromatic heterocycles. The van der Waals surface area contributed by atoms with E-state index in [4.69, 9.17) is 9.84 Å². The van der Waals surface area contributed by atoms with Crippen LogP contribution in [0.1, 0.15) is 27.3 Å². The van der Waals surface area contributed by atoms with E-state index >= 15 is 0 Å². The van der Waals surface area contributed by atoms with Crippen LogP contribution in [0.25, 0.3) is 0 Å². The number of carboxylic acid groups (broad SMARTS) is 1. The van der Waals surface area contributed by atoms with E-state index in [2.05, 4.69) is 4.98 Å². The molecule has 0 spiro atoms. The first-order valence-corrected chi connectivity index (χ1v) is 7.03. The van der Waals surface area contributed by atoms with Crippen LogP contribution in [0, 0.1) is 0 Å². The van der Waals surface area contributed by atoms with Crippen molar-refractivity contribution in [2.75, 3.05) is 13.1 Å². The van der Waals surface area contributed by atoms with Crippen molar-refractivity contribution in [3.05, 3.63) is 47.8 Å². The average Bonchev–Trinajstić information content (AvgIpc) is 2.45. The molecule has 0 bridgehead atoms. The SMILES string of the molecule is O=C(O)c1cc(O)cc(Oc2ccc(C(=O)N3CCC3)nc2)c1. The van der Waals surface area contributed by atoms with Crippen LogP contribution in [0.15, 0.2) is 36.5 Å². The maximum atomic E-state index is 12.0. The number of hydrogen-bond acceptors (Lipinski definition) is 5. The van der Waals surface area contributed by atoms with Crippen LogP contribution < -0.4 is 4.74 Å². The van der Waals surface area contributed by atoms with Crippen molar-refractivity contribution in [1.29, 1.82) is 0 Å². The molecule has 1 fully saturated rings. The van der Waals surface area contributed by atoms with Gasteiger partial charge in [0, 0.05) is 19.2 Å². The van der Waals surface area contributed by atoms with E-state index in [-0.39, 0.29) is 23.0 Å². The summed E-state index contributed by atoms with van der Waals surface area (Å²) in [7, 11) is 0. The number of aromatic hydroxyl groups is 1. The molecule has 1 saturated heterocycles. The summed E-state index contributed by atoms with van der Waals surface area (Å²) in [5.41, 5.74) is 0.247. The van der Waals surface area contributed by atoms with Crippen LogP contribution in [0.2, 0.25) is 0 Å². The Labute approximate surface area is 131 Å². The highest BCUT2D eigenvalue weighted by atomic mass is 16.5. The van der Waals surface area contributed by atoms with E-state index in [1.807, 2.05) is 0 Å². The number of phenolic OH excluding ortho intramolecular Hbond substituents is 1. The van der Waals surface area contributed by atoms with Crippen molar-refractivity contribution in [3.8, 4) is 17.2 Å². The van der Waals surface area contributed by atoms with Crippen LogP contribution in [0.5, 0.6) is 17.2 Å². The molecular formula is C16H14N2O5. The molecule has 1 aliphatic heterocycles. The first-order valence-electron chi connectivity index (χ1n) is 7.03. The fourth-order valence-corrected chi connectivity index (χ4v) is 2.15. The molecule has 0 saturated carbocycles. The Kier molecular flexibility index (Phi) is 3.84. The minimum atomic E-state index is -1.17. The predicted octanol–water partition coefficient (Wildman–Crippen LogP) is 2.12. The van der Waals surface area contributed by atoms with E-state index < -0.39 is 5.97 Å². The summed E-state index contributed by atoms with van der Waals surface area (Å²) in [4.78, 5) is 28.7. The van der Waals surface area contributed by atoms with E-state index in [1.54, 1.807) is 17.0 Å². The number of benzene rings is 1. The van der Waals surface area contributed by atoms with Gasteiger partial charge in [0.25, 0.3) is 5.91 Å². The number of carbonyl (C=O) groups is 2. The van der Waals surface area contributed by atoms with Gasteiger partial charge >= 0.3 is 5.97 Å². The molecule has 7 nitrogen and oxygen atoms in total. The zero-order valence-electron chi connectivity index (χ0n) is 12.1. The Balaban J connectivity index is 1.75. The number of aromatic nitrogens is 1. The molecule has 7 heteroatoms. The topological polar surface area (TPSA) is 100.0 Å². The number of nitrogens with zero attached hydrogens (tertiary/aromatic N) is 2. The molecule has 2 aromatic rings. The first kappa shape index (κ1) is 14.8. The molecule has 2 N–H and O–H groups in total. The van der Waals surface area contributed by atoms with Crippen LogP contribution in [-0.2, 0) is 0 Å². The van der Waals surface area contributed by atoms with Crippen LogP contribution in [0.3, 0.4) is 0 Å². The summed E-state index contributed by atoms with van der Waals surface area (Å²) < 4.78 is 5.47. The van der Waals surface area contributed by atoms with Gasteiger partial charge in [-0.05, 0) is 30.7 Å². The van der Waals surface area contributed by atoms with Crippen molar-refractivity contribution in [1.82, 2.24) is 9.88 Å². The van der Waals surface area contributed by atoms with E-state index in [1.165, 1.54) is 18.3 Å². The lowest BCUT2D eigenvalue weighted by Crippen LogP contribution is -2.42.